The van der Waals surface area contributed by atoms with Gasteiger partial charge in [-0.2, -0.15) is 0 Å². The Balaban J connectivity index is 1.91. The number of hydrogen-bond donors (Lipinski definition) is 2. The van der Waals surface area contributed by atoms with Gasteiger partial charge in [-0.1, -0.05) is 0 Å². The standard InChI is InChI=1S/C17H18N4O7/c1-27-14-5-4-10(21(25)26)7-13(14)19-15(22)12-8-18-17(24)20(16(12)23)9-11-3-2-6-28-11/h4-5,7-8,11H,2-3,6,9H2,1H3,(H,18,24)(H,19,22). The van der Waals surface area contributed by atoms with Crippen molar-refractivity contribution in [1.82, 2.24) is 9.55 Å². The fraction of sp³-hybridized carbons (Fsp3) is 0.353. The Morgan fingerprint density at radius 1 is 1.46 bits per heavy atom. The highest BCUT2D eigenvalue weighted by Gasteiger charge is 2.22. The number of aromatic amines is 1. The van der Waals surface area contributed by atoms with Crippen LogP contribution in [0.15, 0.2) is 34.0 Å². The zero-order valence-electron chi connectivity index (χ0n) is 15.0. The predicted molar refractivity (Wildman–Crippen MR) is 97.9 cm³/mol. The lowest BCUT2D eigenvalue weighted by Crippen LogP contribution is -2.41. The molecule has 1 aliphatic heterocycles. The average molecular weight is 390 g/mol. The van der Waals surface area contributed by atoms with Gasteiger partial charge in [0.2, 0.25) is 0 Å². The van der Waals surface area contributed by atoms with Gasteiger partial charge in [0, 0.05) is 24.9 Å². The molecule has 1 aliphatic rings. The molecule has 1 amide bonds. The van der Waals surface area contributed by atoms with Crippen molar-refractivity contribution in [2.75, 3.05) is 19.0 Å². The van der Waals surface area contributed by atoms with Gasteiger partial charge in [-0.25, -0.2) is 4.79 Å². The first-order valence-electron chi connectivity index (χ1n) is 8.48. The summed E-state index contributed by atoms with van der Waals surface area (Å²) in [7, 11) is 1.34. The van der Waals surface area contributed by atoms with Crippen LogP contribution in [-0.4, -0.2) is 40.2 Å². The van der Waals surface area contributed by atoms with E-state index < -0.39 is 22.1 Å². The molecule has 2 N–H and O–H groups in total. The smallest absolute Gasteiger partial charge is 0.328 e. The largest absolute Gasteiger partial charge is 0.495 e. The van der Waals surface area contributed by atoms with Gasteiger partial charge in [-0.3, -0.25) is 24.3 Å². The quantitative estimate of drug-likeness (QED) is 0.550. The number of benzene rings is 1. The number of nitro benzene ring substituents is 1. The number of nitrogens with one attached hydrogen (secondary N) is 2. The molecule has 0 radical (unpaired) electrons. The molecular weight excluding hydrogens is 372 g/mol. The third kappa shape index (κ3) is 3.93. The molecule has 11 heteroatoms. The van der Waals surface area contributed by atoms with Crippen molar-refractivity contribution in [3.05, 3.63) is 60.9 Å². The van der Waals surface area contributed by atoms with E-state index >= 15 is 0 Å². The van der Waals surface area contributed by atoms with E-state index in [1.165, 1.54) is 19.2 Å². The van der Waals surface area contributed by atoms with Crippen molar-refractivity contribution in [3.8, 4) is 5.75 Å². The molecule has 1 aromatic heterocycles. The summed E-state index contributed by atoms with van der Waals surface area (Å²) in [5, 5.41) is 13.4. The molecule has 2 aromatic rings. The summed E-state index contributed by atoms with van der Waals surface area (Å²) >= 11 is 0. The van der Waals surface area contributed by atoms with Crippen LogP contribution in [0, 0.1) is 10.1 Å². The number of non-ortho nitro benzene ring substituents is 1. The Morgan fingerprint density at radius 2 is 2.25 bits per heavy atom. The highest BCUT2D eigenvalue weighted by molar-refractivity contribution is 6.04. The average Bonchev–Trinajstić information content (AvgIpc) is 3.18. The van der Waals surface area contributed by atoms with Crippen molar-refractivity contribution >= 4 is 17.3 Å². The van der Waals surface area contributed by atoms with Crippen molar-refractivity contribution in [2.45, 2.75) is 25.5 Å². The molecule has 1 atom stereocenters. The Morgan fingerprint density at radius 3 is 2.89 bits per heavy atom. The van der Waals surface area contributed by atoms with Crippen LogP contribution in [0.5, 0.6) is 5.75 Å². The number of nitro groups is 1. The van der Waals surface area contributed by atoms with Crippen LogP contribution in [0.1, 0.15) is 23.2 Å². The Hall–Kier alpha value is -3.47. The zero-order chi connectivity index (χ0) is 20.3. The van der Waals surface area contributed by atoms with Crippen LogP contribution in [0.3, 0.4) is 0 Å². The fourth-order valence-corrected chi connectivity index (χ4v) is 2.93. The number of hydrogen-bond acceptors (Lipinski definition) is 7. The van der Waals surface area contributed by atoms with Gasteiger partial charge >= 0.3 is 5.69 Å². The molecule has 0 spiro atoms. The third-order valence-electron chi connectivity index (χ3n) is 4.36. The van der Waals surface area contributed by atoms with Gasteiger partial charge in [0.15, 0.2) is 0 Å². The summed E-state index contributed by atoms with van der Waals surface area (Å²) in [4.78, 5) is 49.9. The third-order valence-corrected chi connectivity index (χ3v) is 4.36. The number of ether oxygens (including phenoxy) is 2. The van der Waals surface area contributed by atoms with Crippen LogP contribution in [0.25, 0.3) is 0 Å². The number of carbonyl (C=O) groups is 1. The second kappa shape index (κ2) is 8.05. The van der Waals surface area contributed by atoms with Gasteiger partial charge in [-0.15, -0.1) is 0 Å². The number of methoxy groups -OCH3 is 1. The number of amides is 1. The second-order valence-corrected chi connectivity index (χ2v) is 6.15. The normalized spacial score (nSPS) is 16.0. The topological polar surface area (TPSA) is 146 Å². The van der Waals surface area contributed by atoms with Crippen molar-refractivity contribution in [1.29, 1.82) is 0 Å². The minimum Gasteiger partial charge on any atom is -0.495 e. The summed E-state index contributed by atoms with van der Waals surface area (Å²) in [5.41, 5.74) is -1.97. The highest BCUT2D eigenvalue weighted by Crippen LogP contribution is 2.29. The van der Waals surface area contributed by atoms with Crippen molar-refractivity contribution < 1.29 is 19.2 Å². The maximum atomic E-state index is 12.6. The van der Waals surface area contributed by atoms with Crippen molar-refractivity contribution in [3.63, 3.8) is 0 Å². The molecule has 1 unspecified atom stereocenters. The second-order valence-electron chi connectivity index (χ2n) is 6.15. The molecule has 1 fully saturated rings. The van der Waals surface area contributed by atoms with Gasteiger partial charge in [0.05, 0.1) is 30.4 Å². The van der Waals surface area contributed by atoms with E-state index in [-0.39, 0.29) is 35.3 Å². The number of carbonyl (C=O) groups excluding carboxylic acids is 1. The maximum absolute atomic E-state index is 12.6. The molecule has 0 bridgehead atoms. The summed E-state index contributed by atoms with van der Waals surface area (Å²) in [5.74, 6) is -0.649. The van der Waals surface area contributed by atoms with E-state index in [2.05, 4.69) is 10.3 Å². The van der Waals surface area contributed by atoms with E-state index in [0.29, 0.717) is 13.0 Å². The monoisotopic (exact) mass is 390 g/mol. The van der Waals surface area contributed by atoms with Crippen LogP contribution in [0.2, 0.25) is 0 Å². The number of rotatable bonds is 6. The molecule has 1 aromatic carbocycles. The minimum atomic E-state index is -0.832. The Labute approximate surface area is 158 Å². The molecular formula is C17H18N4O7. The van der Waals surface area contributed by atoms with E-state index in [4.69, 9.17) is 9.47 Å². The van der Waals surface area contributed by atoms with Gasteiger partial charge in [-0.05, 0) is 18.9 Å². The molecule has 11 nitrogen and oxygen atoms in total. The number of H-pyrrole nitrogens is 1. The van der Waals surface area contributed by atoms with Gasteiger partial charge < -0.3 is 19.8 Å². The highest BCUT2D eigenvalue weighted by atomic mass is 16.6. The van der Waals surface area contributed by atoms with E-state index in [0.717, 1.165) is 23.3 Å². The van der Waals surface area contributed by atoms with Crippen LogP contribution in [-0.2, 0) is 11.3 Å². The predicted octanol–water partition coefficient (Wildman–Crippen LogP) is 0.885. The first-order valence-corrected chi connectivity index (χ1v) is 8.48. The SMILES string of the molecule is COc1ccc([N+](=O)[O-])cc1NC(=O)c1c[nH]c(=O)n(CC2CCCO2)c1=O. The lowest BCUT2D eigenvalue weighted by atomic mass is 10.2. The van der Waals surface area contributed by atoms with E-state index in [1.807, 2.05) is 0 Å². The van der Waals surface area contributed by atoms with E-state index in [9.17, 15) is 24.5 Å². The molecule has 0 saturated carbocycles. The number of nitrogens with zero attached hydrogens (tertiary/aromatic N) is 2. The lowest BCUT2D eigenvalue weighted by molar-refractivity contribution is -0.384. The number of aromatic nitrogens is 2. The molecule has 1 saturated heterocycles. The fourth-order valence-electron chi connectivity index (χ4n) is 2.93. The van der Waals surface area contributed by atoms with Crippen LogP contribution >= 0.6 is 0 Å². The maximum Gasteiger partial charge on any atom is 0.328 e. The van der Waals surface area contributed by atoms with Gasteiger partial charge in [0.1, 0.15) is 11.3 Å². The van der Waals surface area contributed by atoms with Crippen LogP contribution < -0.4 is 21.3 Å². The first kappa shape index (κ1) is 19.3. The first-order chi connectivity index (χ1) is 13.4. The summed E-state index contributed by atoms with van der Waals surface area (Å²) in [6, 6.07) is 3.67. The molecule has 3 rings (SSSR count). The summed E-state index contributed by atoms with van der Waals surface area (Å²) < 4.78 is 11.4. The zero-order valence-corrected chi connectivity index (χ0v) is 15.0. The summed E-state index contributed by atoms with van der Waals surface area (Å²) in [6.45, 7) is 0.597. The number of anilines is 1. The molecule has 2 heterocycles. The van der Waals surface area contributed by atoms with Gasteiger partial charge in [0.25, 0.3) is 17.2 Å². The summed E-state index contributed by atoms with van der Waals surface area (Å²) in [6.07, 6.45) is 2.29. The van der Waals surface area contributed by atoms with Crippen molar-refractivity contribution in [2.24, 2.45) is 0 Å². The minimum absolute atomic E-state index is 0.0259. The molecule has 148 valence electrons. The molecule has 0 aliphatic carbocycles. The van der Waals surface area contributed by atoms with Crippen LogP contribution in [0.4, 0.5) is 11.4 Å². The molecule has 28 heavy (non-hydrogen) atoms. The van der Waals surface area contributed by atoms with E-state index in [1.54, 1.807) is 0 Å². The lowest BCUT2D eigenvalue weighted by Gasteiger charge is -2.13. The Bertz CT molecular complexity index is 1020. The Kier molecular flexibility index (Phi) is 5.54.